The SMILES string of the molecule is CCNCC1CCN(C(=O)c2cc(SC)ccc2C)CC1. The predicted molar refractivity (Wildman–Crippen MR) is 90.1 cm³/mol. The molecule has 0 aliphatic carbocycles. The molecule has 2 rings (SSSR count). The van der Waals surface area contributed by atoms with Crippen LogP contribution in [0.3, 0.4) is 0 Å². The fourth-order valence-electron chi connectivity index (χ4n) is 2.82. The van der Waals surface area contributed by atoms with Crippen LogP contribution in [0.2, 0.25) is 0 Å². The first-order chi connectivity index (χ1) is 10.2. The van der Waals surface area contributed by atoms with Crippen LogP contribution in [0.1, 0.15) is 35.7 Å². The fourth-order valence-corrected chi connectivity index (χ4v) is 3.26. The van der Waals surface area contributed by atoms with Crippen molar-refractivity contribution >= 4 is 17.7 Å². The van der Waals surface area contributed by atoms with Gasteiger partial charge in [-0.2, -0.15) is 0 Å². The third-order valence-corrected chi connectivity index (χ3v) is 4.99. The summed E-state index contributed by atoms with van der Waals surface area (Å²) in [6.07, 6.45) is 4.27. The molecule has 1 fully saturated rings. The van der Waals surface area contributed by atoms with E-state index in [2.05, 4.69) is 24.4 Å². The smallest absolute Gasteiger partial charge is 0.254 e. The van der Waals surface area contributed by atoms with Gasteiger partial charge < -0.3 is 10.2 Å². The van der Waals surface area contributed by atoms with E-state index in [9.17, 15) is 4.79 Å². The van der Waals surface area contributed by atoms with Gasteiger partial charge in [0, 0.05) is 23.5 Å². The summed E-state index contributed by atoms with van der Waals surface area (Å²) in [7, 11) is 0. The highest BCUT2D eigenvalue weighted by Gasteiger charge is 2.24. The Morgan fingerprint density at radius 3 is 2.71 bits per heavy atom. The zero-order valence-corrected chi connectivity index (χ0v) is 14.1. The summed E-state index contributed by atoms with van der Waals surface area (Å²) in [5.74, 6) is 0.915. The van der Waals surface area contributed by atoms with Crippen molar-refractivity contribution in [3.8, 4) is 0 Å². The molecular formula is C17H26N2OS. The summed E-state index contributed by atoms with van der Waals surface area (Å²) in [5.41, 5.74) is 1.94. The Morgan fingerprint density at radius 1 is 1.38 bits per heavy atom. The van der Waals surface area contributed by atoms with E-state index in [0.29, 0.717) is 5.92 Å². The topological polar surface area (TPSA) is 32.3 Å². The Kier molecular flexibility index (Phi) is 6.12. The van der Waals surface area contributed by atoms with E-state index >= 15 is 0 Å². The molecule has 1 N–H and O–H groups in total. The van der Waals surface area contributed by atoms with Crippen LogP contribution in [0.4, 0.5) is 0 Å². The monoisotopic (exact) mass is 306 g/mol. The van der Waals surface area contributed by atoms with Gasteiger partial charge in [-0.1, -0.05) is 13.0 Å². The number of amides is 1. The number of nitrogens with zero attached hydrogens (tertiary/aromatic N) is 1. The van der Waals surface area contributed by atoms with E-state index in [4.69, 9.17) is 0 Å². The second-order valence-corrected chi connectivity index (χ2v) is 6.60. The third-order valence-electron chi connectivity index (χ3n) is 4.26. The Morgan fingerprint density at radius 2 is 2.10 bits per heavy atom. The highest BCUT2D eigenvalue weighted by molar-refractivity contribution is 7.98. The number of piperidine rings is 1. The summed E-state index contributed by atoms with van der Waals surface area (Å²) in [6.45, 7) is 8.05. The minimum absolute atomic E-state index is 0.199. The summed E-state index contributed by atoms with van der Waals surface area (Å²) >= 11 is 1.69. The Labute approximate surface area is 132 Å². The summed E-state index contributed by atoms with van der Waals surface area (Å²) in [4.78, 5) is 15.9. The molecule has 0 radical (unpaired) electrons. The fraction of sp³-hybridized carbons (Fsp3) is 0.588. The number of carbonyl (C=O) groups excluding carboxylic acids is 1. The van der Waals surface area contributed by atoms with E-state index in [0.717, 1.165) is 55.0 Å². The highest BCUT2D eigenvalue weighted by atomic mass is 32.2. The maximum atomic E-state index is 12.7. The largest absolute Gasteiger partial charge is 0.339 e. The number of aryl methyl sites for hydroxylation is 1. The van der Waals surface area contributed by atoms with Crippen LogP contribution >= 0.6 is 11.8 Å². The minimum Gasteiger partial charge on any atom is -0.339 e. The number of likely N-dealkylation sites (tertiary alicyclic amines) is 1. The zero-order valence-electron chi connectivity index (χ0n) is 13.3. The van der Waals surface area contributed by atoms with Crippen LogP contribution < -0.4 is 5.32 Å². The number of hydrogen-bond acceptors (Lipinski definition) is 3. The molecule has 0 unspecified atom stereocenters. The van der Waals surface area contributed by atoms with Gasteiger partial charge in [0.15, 0.2) is 0 Å². The van der Waals surface area contributed by atoms with Gasteiger partial charge >= 0.3 is 0 Å². The minimum atomic E-state index is 0.199. The third kappa shape index (κ3) is 4.24. The normalized spacial score (nSPS) is 16.2. The zero-order chi connectivity index (χ0) is 15.2. The number of hydrogen-bond donors (Lipinski definition) is 1. The number of carbonyl (C=O) groups is 1. The number of rotatable bonds is 5. The number of nitrogens with one attached hydrogen (secondary N) is 1. The molecule has 1 saturated heterocycles. The van der Waals surface area contributed by atoms with E-state index in [1.54, 1.807) is 11.8 Å². The van der Waals surface area contributed by atoms with Crippen LogP contribution in [0.15, 0.2) is 23.1 Å². The van der Waals surface area contributed by atoms with E-state index in [1.165, 1.54) is 0 Å². The average Bonchev–Trinajstić information content (AvgIpc) is 2.53. The molecule has 1 amide bonds. The molecule has 1 aliphatic rings. The molecule has 1 heterocycles. The quantitative estimate of drug-likeness (QED) is 0.848. The first kappa shape index (κ1) is 16.4. The van der Waals surface area contributed by atoms with Gasteiger partial charge in [-0.25, -0.2) is 0 Å². The maximum absolute atomic E-state index is 12.7. The predicted octanol–water partition coefficient (Wildman–Crippen LogP) is 3.18. The molecule has 1 aliphatic heterocycles. The first-order valence-electron chi connectivity index (χ1n) is 7.80. The second kappa shape index (κ2) is 7.85. The van der Waals surface area contributed by atoms with Crippen LogP contribution in [0, 0.1) is 12.8 Å². The standard InChI is InChI=1S/C17H26N2OS/c1-4-18-12-14-7-9-19(10-8-14)17(20)16-11-15(21-3)6-5-13(16)2/h5-6,11,14,18H,4,7-10,12H2,1-3H3. The Balaban J connectivity index is 1.98. The van der Waals surface area contributed by atoms with Crippen molar-refractivity contribution < 1.29 is 4.79 Å². The lowest BCUT2D eigenvalue weighted by molar-refractivity contribution is 0.0689. The van der Waals surface area contributed by atoms with Crippen molar-refractivity contribution in [1.29, 1.82) is 0 Å². The Bertz CT molecular complexity index is 482. The van der Waals surface area contributed by atoms with E-state index in [1.807, 2.05) is 24.1 Å². The van der Waals surface area contributed by atoms with Gasteiger partial charge in [0.05, 0.1) is 0 Å². The van der Waals surface area contributed by atoms with Crippen LogP contribution in [0.25, 0.3) is 0 Å². The van der Waals surface area contributed by atoms with Crippen LogP contribution in [-0.4, -0.2) is 43.2 Å². The lowest BCUT2D eigenvalue weighted by Crippen LogP contribution is -2.41. The Hall–Kier alpha value is -1.00. The molecule has 1 aromatic rings. The van der Waals surface area contributed by atoms with Gasteiger partial charge in [0.25, 0.3) is 5.91 Å². The van der Waals surface area contributed by atoms with Gasteiger partial charge in [-0.3, -0.25) is 4.79 Å². The summed E-state index contributed by atoms with van der Waals surface area (Å²) < 4.78 is 0. The van der Waals surface area contributed by atoms with E-state index < -0.39 is 0 Å². The molecule has 1 aromatic carbocycles. The molecule has 3 nitrogen and oxygen atoms in total. The van der Waals surface area contributed by atoms with Gasteiger partial charge in [0.2, 0.25) is 0 Å². The van der Waals surface area contributed by atoms with Crippen LogP contribution in [-0.2, 0) is 0 Å². The number of benzene rings is 1. The van der Waals surface area contributed by atoms with Gasteiger partial charge in [-0.05, 0) is 62.7 Å². The molecule has 116 valence electrons. The highest BCUT2D eigenvalue weighted by Crippen LogP contribution is 2.23. The van der Waals surface area contributed by atoms with E-state index in [-0.39, 0.29) is 5.91 Å². The second-order valence-electron chi connectivity index (χ2n) is 5.72. The summed E-state index contributed by atoms with van der Waals surface area (Å²) in [6, 6.07) is 6.17. The molecule has 0 spiro atoms. The molecule has 0 bridgehead atoms. The van der Waals surface area contributed by atoms with Crippen molar-refractivity contribution in [3.63, 3.8) is 0 Å². The maximum Gasteiger partial charge on any atom is 0.254 e. The molecule has 21 heavy (non-hydrogen) atoms. The van der Waals surface area contributed by atoms with Gasteiger partial charge in [0.1, 0.15) is 0 Å². The van der Waals surface area contributed by atoms with Crippen molar-refractivity contribution in [3.05, 3.63) is 29.3 Å². The molecular weight excluding hydrogens is 280 g/mol. The summed E-state index contributed by atoms with van der Waals surface area (Å²) in [5, 5.41) is 3.41. The first-order valence-corrected chi connectivity index (χ1v) is 9.02. The molecule has 0 aromatic heterocycles. The molecule has 0 atom stereocenters. The average molecular weight is 306 g/mol. The lowest BCUT2D eigenvalue weighted by atomic mass is 9.96. The van der Waals surface area contributed by atoms with Gasteiger partial charge in [-0.15, -0.1) is 11.8 Å². The van der Waals surface area contributed by atoms with Crippen LogP contribution in [0.5, 0.6) is 0 Å². The van der Waals surface area contributed by atoms with Crippen molar-refractivity contribution in [2.75, 3.05) is 32.4 Å². The van der Waals surface area contributed by atoms with Crippen molar-refractivity contribution in [1.82, 2.24) is 10.2 Å². The lowest BCUT2D eigenvalue weighted by Gasteiger charge is -2.32. The number of thioether (sulfide) groups is 1. The van der Waals surface area contributed by atoms with Crippen molar-refractivity contribution in [2.24, 2.45) is 5.92 Å². The molecule has 0 saturated carbocycles. The van der Waals surface area contributed by atoms with Crippen molar-refractivity contribution in [2.45, 2.75) is 31.6 Å². The molecule has 4 heteroatoms.